The number of carboxylic acid groups (broad SMARTS) is 1. The summed E-state index contributed by atoms with van der Waals surface area (Å²) in [6, 6.07) is 10.7. The maximum absolute atomic E-state index is 11.5. The third-order valence-electron chi connectivity index (χ3n) is 3.27. The fourth-order valence-electron chi connectivity index (χ4n) is 2.10. The smallest absolute Gasteiger partial charge is 0.311 e. The second-order valence-electron chi connectivity index (χ2n) is 4.57. The highest BCUT2D eigenvalue weighted by atomic mass is 16.5. The zero-order valence-corrected chi connectivity index (χ0v) is 11.9. The summed E-state index contributed by atoms with van der Waals surface area (Å²) < 4.78 is 10.1. The monoisotopic (exact) mass is 287 g/mol. The first-order valence-corrected chi connectivity index (χ1v) is 6.49. The van der Waals surface area contributed by atoms with E-state index in [0.717, 1.165) is 11.3 Å². The lowest BCUT2D eigenvalue weighted by Gasteiger charge is -2.13. The third-order valence-corrected chi connectivity index (χ3v) is 3.27. The first-order valence-electron chi connectivity index (χ1n) is 6.49. The van der Waals surface area contributed by atoms with Gasteiger partial charge in [0, 0.05) is 12.3 Å². The fourth-order valence-corrected chi connectivity index (χ4v) is 2.10. The molecular formula is C16H17NO4. The summed E-state index contributed by atoms with van der Waals surface area (Å²) >= 11 is 0. The molecule has 0 saturated carbocycles. The van der Waals surface area contributed by atoms with E-state index in [1.165, 1.54) is 7.11 Å². The van der Waals surface area contributed by atoms with Crippen LogP contribution < -0.4 is 9.47 Å². The van der Waals surface area contributed by atoms with Crippen molar-refractivity contribution >= 4 is 5.97 Å². The van der Waals surface area contributed by atoms with Gasteiger partial charge in [-0.2, -0.15) is 0 Å². The first-order chi connectivity index (χ1) is 10.1. The molecule has 0 bridgehead atoms. The zero-order valence-electron chi connectivity index (χ0n) is 11.9. The second kappa shape index (κ2) is 6.74. The Hall–Kier alpha value is -2.56. The summed E-state index contributed by atoms with van der Waals surface area (Å²) in [5.74, 6) is -0.362. The molecule has 0 aliphatic rings. The number of aliphatic carboxylic acids is 1. The first kappa shape index (κ1) is 14.8. The zero-order chi connectivity index (χ0) is 15.2. The Morgan fingerprint density at radius 3 is 2.48 bits per heavy atom. The predicted octanol–water partition coefficient (Wildman–Crippen LogP) is 2.51. The molecule has 0 fully saturated rings. The van der Waals surface area contributed by atoms with Crippen molar-refractivity contribution in [2.45, 2.75) is 12.3 Å². The minimum absolute atomic E-state index is 0.395. The summed E-state index contributed by atoms with van der Waals surface area (Å²) in [6.07, 6.45) is 1.95. The van der Waals surface area contributed by atoms with Crippen molar-refractivity contribution in [3.8, 4) is 11.6 Å². The van der Waals surface area contributed by atoms with Gasteiger partial charge in [0.05, 0.1) is 20.1 Å². The molecule has 0 saturated heterocycles. The third kappa shape index (κ3) is 3.72. The fraction of sp³-hybridized carbons (Fsp3) is 0.250. The topological polar surface area (TPSA) is 68.7 Å². The molecule has 1 heterocycles. The maximum Gasteiger partial charge on any atom is 0.311 e. The summed E-state index contributed by atoms with van der Waals surface area (Å²) in [5, 5.41) is 9.47. The highest BCUT2D eigenvalue weighted by molar-refractivity contribution is 5.76. The van der Waals surface area contributed by atoms with Gasteiger partial charge >= 0.3 is 5.97 Å². The Labute approximate surface area is 123 Å². The van der Waals surface area contributed by atoms with Crippen LogP contribution in [0.25, 0.3) is 0 Å². The molecule has 21 heavy (non-hydrogen) atoms. The summed E-state index contributed by atoms with van der Waals surface area (Å²) in [5.41, 5.74) is 1.60. The van der Waals surface area contributed by atoms with Crippen molar-refractivity contribution in [1.82, 2.24) is 4.98 Å². The quantitative estimate of drug-likeness (QED) is 0.884. The molecule has 110 valence electrons. The van der Waals surface area contributed by atoms with Crippen LogP contribution in [0.3, 0.4) is 0 Å². The van der Waals surface area contributed by atoms with E-state index < -0.39 is 11.9 Å². The summed E-state index contributed by atoms with van der Waals surface area (Å²) in [6.45, 7) is 0. The predicted molar refractivity (Wildman–Crippen MR) is 77.9 cm³/mol. The highest BCUT2D eigenvalue weighted by Crippen LogP contribution is 2.24. The molecule has 1 aromatic heterocycles. The molecule has 0 spiro atoms. The number of hydrogen-bond donors (Lipinski definition) is 1. The van der Waals surface area contributed by atoms with Crippen molar-refractivity contribution < 1.29 is 19.4 Å². The molecule has 1 N–H and O–H groups in total. The minimum atomic E-state index is -0.876. The largest absolute Gasteiger partial charge is 0.497 e. The van der Waals surface area contributed by atoms with Crippen LogP contribution >= 0.6 is 0 Å². The lowest BCUT2D eigenvalue weighted by Crippen LogP contribution is -2.14. The standard InChI is InChI=1S/C16H17NO4/c1-20-13-5-3-11(4-6-13)9-14(16(18)19)12-7-8-17-15(10-12)21-2/h3-8,10,14H,9H2,1-2H3,(H,18,19). The molecule has 2 rings (SSSR count). The number of ether oxygens (including phenoxy) is 2. The lowest BCUT2D eigenvalue weighted by molar-refractivity contribution is -0.138. The normalized spacial score (nSPS) is 11.7. The van der Waals surface area contributed by atoms with Gasteiger partial charge in [0.25, 0.3) is 0 Å². The van der Waals surface area contributed by atoms with Crippen LogP contribution in [0.4, 0.5) is 0 Å². The minimum Gasteiger partial charge on any atom is -0.497 e. The van der Waals surface area contributed by atoms with Gasteiger partial charge in [-0.15, -0.1) is 0 Å². The molecule has 5 nitrogen and oxygen atoms in total. The van der Waals surface area contributed by atoms with E-state index in [-0.39, 0.29) is 0 Å². The number of pyridine rings is 1. The van der Waals surface area contributed by atoms with Gasteiger partial charge in [-0.05, 0) is 35.7 Å². The number of carboxylic acids is 1. The molecule has 1 unspecified atom stereocenters. The van der Waals surface area contributed by atoms with E-state index in [0.29, 0.717) is 17.9 Å². The molecule has 0 radical (unpaired) electrons. The van der Waals surface area contributed by atoms with Crippen molar-refractivity contribution in [3.05, 3.63) is 53.7 Å². The van der Waals surface area contributed by atoms with E-state index in [2.05, 4.69) is 4.98 Å². The molecule has 0 amide bonds. The Bertz CT molecular complexity index is 610. The second-order valence-corrected chi connectivity index (χ2v) is 4.57. The number of aromatic nitrogens is 1. The SMILES string of the molecule is COc1ccc(CC(C(=O)O)c2ccnc(OC)c2)cc1. The Morgan fingerprint density at radius 1 is 1.19 bits per heavy atom. The molecule has 1 atom stereocenters. The molecule has 0 aliphatic heterocycles. The van der Waals surface area contributed by atoms with Gasteiger partial charge in [0.1, 0.15) is 5.75 Å². The van der Waals surface area contributed by atoms with Crippen molar-refractivity contribution in [3.63, 3.8) is 0 Å². The number of rotatable bonds is 6. The van der Waals surface area contributed by atoms with Crippen molar-refractivity contribution in [2.75, 3.05) is 14.2 Å². The van der Waals surface area contributed by atoms with E-state index in [1.807, 2.05) is 24.3 Å². The number of carbonyl (C=O) groups is 1. The van der Waals surface area contributed by atoms with Gasteiger partial charge < -0.3 is 14.6 Å². The van der Waals surface area contributed by atoms with Gasteiger partial charge in [0.2, 0.25) is 5.88 Å². The molecule has 2 aromatic rings. The van der Waals surface area contributed by atoms with Crippen LogP contribution in [0.1, 0.15) is 17.0 Å². The summed E-state index contributed by atoms with van der Waals surface area (Å²) in [7, 11) is 3.10. The van der Waals surface area contributed by atoms with Gasteiger partial charge in [-0.3, -0.25) is 4.79 Å². The maximum atomic E-state index is 11.5. The molecular weight excluding hydrogens is 270 g/mol. The van der Waals surface area contributed by atoms with Gasteiger partial charge in [0.15, 0.2) is 0 Å². The van der Waals surface area contributed by atoms with Gasteiger partial charge in [-0.1, -0.05) is 12.1 Å². The molecule has 0 aliphatic carbocycles. The van der Waals surface area contributed by atoms with Crippen LogP contribution in [-0.2, 0) is 11.2 Å². The molecule has 1 aromatic carbocycles. The number of hydrogen-bond acceptors (Lipinski definition) is 4. The van der Waals surface area contributed by atoms with Crippen LogP contribution in [0.15, 0.2) is 42.6 Å². The van der Waals surface area contributed by atoms with E-state index >= 15 is 0 Å². The van der Waals surface area contributed by atoms with Crippen LogP contribution in [-0.4, -0.2) is 30.3 Å². The average molecular weight is 287 g/mol. The summed E-state index contributed by atoms with van der Waals surface area (Å²) in [4.78, 5) is 15.5. The van der Waals surface area contributed by atoms with E-state index in [1.54, 1.807) is 25.4 Å². The van der Waals surface area contributed by atoms with E-state index in [4.69, 9.17) is 9.47 Å². The molecule has 5 heteroatoms. The number of methoxy groups -OCH3 is 2. The van der Waals surface area contributed by atoms with Crippen LogP contribution in [0.2, 0.25) is 0 Å². The Morgan fingerprint density at radius 2 is 1.90 bits per heavy atom. The number of benzene rings is 1. The number of nitrogens with zero attached hydrogens (tertiary/aromatic N) is 1. The van der Waals surface area contributed by atoms with Crippen molar-refractivity contribution in [1.29, 1.82) is 0 Å². The van der Waals surface area contributed by atoms with Crippen molar-refractivity contribution in [2.24, 2.45) is 0 Å². The van der Waals surface area contributed by atoms with Gasteiger partial charge in [-0.25, -0.2) is 4.98 Å². The average Bonchev–Trinajstić information content (AvgIpc) is 2.53. The van der Waals surface area contributed by atoms with E-state index in [9.17, 15) is 9.90 Å². The lowest BCUT2D eigenvalue weighted by atomic mass is 9.92. The van der Waals surface area contributed by atoms with Crippen LogP contribution in [0, 0.1) is 0 Å². The Kier molecular flexibility index (Phi) is 4.77. The van der Waals surface area contributed by atoms with Crippen LogP contribution in [0.5, 0.6) is 11.6 Å². The highest BCUT2D eigenvalue weighted by Gasteiger charge is 2.21. The Balaban J connectivity index is 2.23.